The molecule has 0 radical (unpaired) electrons. The van der Waals surface area contributed by atoms with Crippen LogP contribution >= 0.6 is 0 Å². The minimum absolute atomic E-state index is 0.311. The third-order valence-corrected chi connectivity index (χ3v) is 4.34. The highest BCUT2D eigenvalue weighted by Gasteiger charge is 2.35. The number of benzene rings is 1. The fourth-order valence-corrected chi connectivity index (χ4v) is 3.43. The molecule has 1 fully saturated rings. The van der Waals surface area contributed by atoms with Gasteiger partial charge in [-0.2, -0.15) is 0 Å². The summed E-state index contributed by atoms with van der Waals surface area (Å²) in [6.07, 6.45) is 11.2. The lowest BCUT2D eigenvalue weighted by Crippen LogP contribution is -2.18. The van der Waals surface area contributed by atoms with Crippen LogP contribution in [0, 0.1) is 11.8 Å². The van der Waals surface area contributed by atoms with Crippen molar-refractivity contribution >= 4 is 0 Å². The smallest absolute Gasteiger partial charge is 0.0824 e. The Morgan fingerprint density at radius 2 is 1.94 bits per heavy atom. The number of allylic oxidation sites excluding steroid dienone is 4. The molecule has 2 aliphatic rings. The van der Waals surface area contributed by atoms with Crippen LogP contribution in [0.4, 0.5) is 0 Å². The van der Waals surface area contributed by atoms with Crippen molar-refractivity contribution in [2.75, 3.05) is 0 Å². The zero-order valence-electron chi connectivity index (χ0n) is 10.6. The Hall–Kier alpha value is -1.34. The number of hydrogen-bond donors (Lipinski definition) is 1. The standard InChI is InChI=1S/C17H20O/c18-17(14-9-2-1-3-10-14)16-12-6-11-15(16)13-7-4-5-8-13/h1-4,7-10,15-18H,5-6,11-12H2. The van der Waals surface area contributed by atoms with E-state index in [2.05, 4.69) is 18.2 Å². The first-order valence-electron chi connectivity index (χ1n) is 6.96. The maximum Gasteiger partial charge on any atom is 0.0824 e. The highest BCUT2D eigenvalue weighted by atomic mass is 16.3. The molecule has 1 heteroatoms. The Morgan fingerprint density at radius 3 is 2.67 bits per heavy atom. The summed E-state index contributed by atoms with van der Waals surface area (Å²) < 4.78 is 0. The summed E-state index contributed by atoms with van der Waals surface area (Å²) in [7, 11) is 0. The predicted molar refractivity (Wildman–Crippen MR) is 74.1 cm³/mol. The first kappa shape index (κ1) is 11.7. The van der Waals surface area contributed by atoms with E-state index in [-0.39, 0.29) is 6.10 Å². The van der Waals surface area contributed by atoms with Crippen LogP contribution in [0.3, 0.4) is 0 Å². The van der Waals surface area contributed by atoms with E-state index in [1.165, 1.54) is 18.4 Å². The Morgan fingerprint density at radius 1 is 1.11 bits per heavy atom. The average Bonchev–Trinajstić information content (AvgIpc) is 3.09. The van der Waals surface area contributed by atoms with Gasteiger partial charge in [0.25, 0.3) is 0 Å². The fourth-order valence-electron chi connectivity index (χ4n) is 3.43. The maximum absolute atomic E-state index is 10.6. The normalized spacial score (nSPS) is 28.4. The maximum atomic E-state index is 10.6. The lowest BCUT2D eigenvalue weighted by Gasteiger charge is -2.25. The van der Waals surface area contributed by atoms with Crippen molar-refractivity contribution in [2.24, 2.45) is 11.8 Å². The van der Waals surface area contributed by atoms with E-state index in [9.17, 15) is 5.11 Å². The van der Waals surface area contributed by atoms with Gasteiger partial charge in [0.15, 0.2) is 0 Å². The van der Waals surface area contributed by atoms with Crippen molar-refractivity contribution in [1.82, 2.24) is 0 Å². The molecule has 1 aromatic rings. The second kappa shape index (κ2) is 5.11. The summed E-state index contributed by atoms with van der Waals surface area (Å²) in [5, 5.41) is 10.6. The summed E-state index contributed by atoms with van der Waals surface area (Å²) in [6, 6.07) is 10.1. The van der Waals surface area contributed by atoms with E-state index < -0.39 is 0 Å². The SMILES string of the molecule is OC(c1ccccc1)C1CCCC1C1=CCC=C1. The van der Waals surface area contributed by atoms with Gasteiger partial charge in [0, 0.05) is 0 Å². The lowest BCUT2D eigenvalue weighted by molar-refractivity contribution is 0.0945. The van der Waals surface area contributed by atoms with Gasteiger partial charge in [-0.05, 0) is 42.2 Å². The molecule has 0 saturated heterocycles. The minimum Gasteiger partial charge on any atom is -0.388 e. The molecular weight excluding hydrogens is 220 g/mol. The van der Waals surface area contributed by atoms with E-state index in [0.29, 0.717) is 11.8 Å². The first-order valence-corrected chi connectivity index (χ1v) is 6.96. The Kier molecular flexibility index (Phi) is 3.33. The van der Waals surface area contributed by atoms with E-state index in [0.717, 1.165) is 18.4 Å². The molecule has 0 aliphatic heterocycles. The third kappa shape index (κ3) is 2.15. The molecule has 1 N–H and O–H groups in total. The molecule has 3 rings (SSSR count). The van der Waals surface area contributed by atoms with Gasteiger partial charge in [0.05, 0.1) is 6.10 Å². The van der Waals surface area contributed by atoms with Gasteiger partial charge >= 0.3 is 0 Å². The predicted octanol–water partition coefficient (Wildman–Crippen LogP) is 4.02. The summed E-state index contributed by atoms with van der Waals surface area (Å²) in [6.45, 7) is 0. The molecule has 1 aromatic carbocycles. The monoisotopic (exact) mass is 240 g/mol. The first-order chi connectivity index (χ1) is 8.86. The Bertz CT molecular complexity index is 458. The van der Waals surface area contributed by atoms with Crippen molar-refractivity contribution in [3.63, 3.8) is 0 Å². The van der Waals surface area contributed by atoms with Gasteiger partial charge in [-0.25, -0.2) is 0 Å². The molecule has 0 bridgehead atoms. The highest BCUT2D eigenvalue weighted by Crippen LogP contribution is 2.44. The van der Waals surface area contributed by atoms with Crippen LogP contribution in [0.15, 0.2) is 54.1 Å². The Labute approximate surface area is 109 Å². The van der Waals surface area contributed by atoms with Crippen LogP contribution in [-0.4, -0.2) is 5.11 Å². The van der Waals surface area contributed by atoms with E-state index in [1.54, 1.807) is 0 Å². The number of aliphatic hydroxyl groups excluding tert-OH is 1. The molecule has 94 valence electrons. The molecule has 18 heavy (non-hydrogen) atoms. The quantitative estimate of drug-likeness (QED) is 0.846. The van der Waals surface area contributed by atoms with Crippen LogP contribution in [0.1, 0.15) is 37.4 Å². The van der Waals surface area contributed by atoms with Crippen LogP contribution in [-0.2, 0) is 0 Å². The number of rotatable bonds is 3. The molecule has 0 aromatic heterocycles. The molecular formula is C17H20O. The lowest BCUT2D eigenvalue weighted by atomic mass is 9.83. The molecule has 0 spiro atoms. The van der Waals surface area contributed by atoms with Gasteiger partial charge in [0.1, 0.15) is 0 Å². The largest absolute Gasteiger partial charge is 0.388 e. The minimum atomic E-state index is -0.311. The van der Waals surface area contributed by atoms with Gasteiger partial charge < -0.3 is 5.11 Å². The molecule has 3 atom stereocenters. The zero-order valence-corrected chi connectivity index (χ0v) is 10.6. The van der Waals surface area contributed by atoms with Crippen molar-refractivity contribution in [1.29, 1.82) is 0 Å². The van der Waals surface area contributed by atoms with Crippen molar-refractivity contribution < 1.29 is 5.11 Å². The number of hydrogen-bond acceptors (Lipinski definition) is 1. The van der Waals surface area contributed by atoms with E-state index >= 15 is 0 Å². The third-order valence-electron chi connectivity index (χ3n) is 4.34. The molecule has 1 nitrogen and oxygen atoms in total. The van der Waals surface area contributed by atoms with E-state index in [4.69, 9.17) is 0 Å². The highest BCUT2D eigenvalue weighted by molar-refractivity contribution is 5.31. The topological polar surface area (TPSA) is 20.2 Å². The second-order valence-corrected chi connectivity index (χ2v) is 5.40. The van der Waals surface area contributed by atoms with Gasteiger partial charge in [-0.1, -0.05) is 55.0 Å². The molecule has 3 unspecified atom stereocenters. The molecule has 1 saturated carbocycles. The van der Waals surface area contributed by atoms with Gasteiger partial charge in [-0.3, -0.25) is 0 Å². The van der Waals surface area contributed by atoms with Crippen LogP contribution in [0.25, 0.3) is 0 Å². The summed E-state index contributed by atoms with van der Waals surface area (Å²) in [5.41, 5.74) is 2.52. The van der Waals surface area contributed by atoms with Gasteiger partial charge in [0.2, 0.25) is 0 Å². The van der Waals surface area contributed by atoms with E-state index in [1.807, 2.05) is 30.3 Å². The van der Waals surface area contributed by atoms with Crippen molar-refractivity contribution in [3.05, 3.63) is 59.7 Å². The van der Waals surface area contributed by atoms with Crippen LogP contribution in [0.5, 0.6) is 0 Å². The van der Waals surface area contributed by atoms with Crippen molar-refractivity contribution in [3.8, 4) is 0 Å². The number of aliphatic hydroxyl groups is 1. The molecule has 2 aliphatic carbocycles. The fraction of sp³-hybridized carbons (Fsp3) is 0.412. The van der Waals surface area contributed by atoms with Gasteiger partial charge in [-0.15, -0.1) is 0 Å². The summed E-state index contributed by atoms with van der Waals surface area (Å²) >= 11 is 0. The average molecular weight is 240 g/mol. The summed E-state index contributed by atoms with van der Waals surface area (Å²) in [5.74, 6) is 0.945. The van der Waals surface area contributed by atoms with Crippen LogP contribution in [0.2, 0.25) is 0 Å². The van der Waals surface area contributed by atoms with Crippen LogP contribution < -0.4 is 0 Å². The zero-order chi connectivity index (χ0) is 12.4. The summed E-state index contributed by atoms with van der Waals surface area (Å²) in [4.78, 5) is 0. The second-order valence-electron chi connectivity index (χ2n) is 5.40. The Balaban J connectivity index is 1.80. The molecule has 0 amide bonds. The van der Waals surface area contributed by atoms with Crippen molar-refractivity contribution in [2.45, 2.75) is 31.8 Å². The molecule has 0 heterocycles.